The van der Waals surface area contributed by atoms with Gasteiger partial charge in [0.15, 0.2) is 0 Å². The monoisotopic (exact) mass is 284 g/mol. The van der Waals surface area contributed by atoms with E-state index in [1.165, 1.54) is 10.5 Å². The van der Waals surface area contributed by atoms with Gasteiger partial charge >= 0.3 is 5.97 Å². The number of aryl methyl sites for hydroxylation is 1. The zero-order valence-corrected chi connectivity index (χ0v) is 12.6. The van der Waals surface area contributed by atoms with Crippen LogP contribution in [-0.2, 0) is 9.53 Å². The van der Waals surface area contributed by atoms with Gasteiger partial charge in [-0.1, -0.05) is 24.6 Å². The van der Waals surface area contributed by atoms with Crippen molar-refractivity contribution in [1.29, 1.82) is 0 Å². The molecule has 0 saturated carbocycles. The minimum atomic E-state index is -0.0914. The van der Waals surface area contributed by atoms with Crippen molar-refractivity contribution >= 4 is 29.5 Å². The van der Waals surface area contributed by atoms with E-state index in [0.717, 1.165) is 17.3 Å². The third-order valence-electron chi connectivity index (χ3n) is 2.29. The number of rotatable bonds is 8. The van der Waals surface area contributed by atoms with Crippen molar-refractivity contribution in [2.75, 3.05) is 23.9 Å². The first kappa shape index (κ1) is 15.4. The van der Waals surface area contributed by atoms with Crippen molar-refractivity contribution in [3.63, 3.8) is 0 Å². The number of hydrogen-bond donors (Lipinski definition) is 0. The Morgan fingerprint density at radius 3 is 2.61 bits per heavy atom. The van der Waals surface area contributed by atoms with Crippen molar-refractivity contribution in [3.05, 3.63) is 29.8 Å². The molecular formula is C14H20O2S2. The molecule has 0 N–H and O–H groups in total. The standard InChI is InChI=1S/C14H20O2S2/c1-3-17-11-9-16-14(15)8-10-18-13-6-4-12(2)5-7-13/h4-7H,3,8-11H2,1-2H3. The fourth-order valence-corrected chi connectivity index (χ4v) is 2.64. The number of esters is 1. The Balaban J connectivity index is 2.10. The summed E-state index contributed by atoms with van der Waals surface area (Å²) in [4.78, 5) is 12.6. The quantitative estimate of drug-likeness (QED) is 0.412. The number of benzene rings is 1. The van der Waals surface area contributed by atoms with Crippen molar-refractivity contribution in [2.24, 2.45) is 0 Å². The molecule has 0 radical (unpaired) electrons. The second kappa shape index (κ2) is 9.34. The zero-order chi connectivity index (χ0) is 13.2. The van der Waals surface area contributed by atoms with E-state index in [-0.39, 0.29) is 5.97 Å². The van der Waals surface area contributed by atoms with Crippen LogP contribution in [0.1, 0.15) is 18.9 Å². The lowest BCUT2D eigenvalue weighted by atomic mass is 10.2. The molecule has 4 heteroatoms. The van der Waals surface area contributed by atoms with Crippen LogP contribution < -0.4 is 0 Å². The van der Waals surface area contributed by atoms with E-state index in [9.17, 15) is 4.79 Å². The van der Waals surface area contributed by atoms with E-state index >= 15 is 0 Å². The van der Waals surface area contributed by atoms with E-state index < -0.39 is 0 Å². The lowest BCUT2D eigenvalue weighted by Crippen LogP contribution is -2.08. The predicted octanol–water partition coefficient (Wildman–Crippen LogP) is 3.77. The van der Waals surface area contributed by atoms with Crippen LogP contribution in [0.5, 0.6) is 0 Å². The summed E-state index contributed by atoms with van der Waals surface area (Å²) >= 11 is 3.48. The Morgan fingerprint density at radius 1 is 1.22 bits per heavy atom. The Kier molecular flexibility index (Phi) is 8.01. The van der Waals surface area contributed by atoms with Crippen LogP contribution >= 0.6 is 23.5 Å². The van der Waals surface area contributed by atoms with Gasteiger partial charge in [-0.25, -0.2) is 0 Å². The summed E-state index contributed by atoms with van der Waals surface area (Å²) in [6, 6.07) is 8.34. The largest absolute Gasteiger partial charge is 0.465 e. The number of ether oxygens (including phenoxy) is 1. The summed E-state index contributed by atoms with van der Waals surface area (Å²) in [5.74, 6) is 2.66. The molecule has 0 aliphatic heterocycles. The maximum Gasteiger partial charge on any atom is 0.306 e. The SMILES string of the molecule is CCSCCOC(=O)CCSc1ccc(C)cc1. The first-order chi connectivity index (χ1) is 8.72. The fraction of sp³-hybridized carbons (Fsp3) is 0.500. The highest BCUT2D eigenvalue weighted by molar-refractivity contribution is 7.99. The molecule has 0 unspecified atom stereocenters. The fourth-order valence-electron chi connectivity index (χ4n) is 1.32. The normalized spacial score (nSPS) is 10.3. The van der Waals surface area contributed by atoms with E-state index in [2.05, 4.69) is 38.1 Å². The lowest BCUT2D eigenvalue weighted by molar-refractivity contribution is -0.142. The Labute approximate surface area is 118 Å². The molecule has 100 valence electrons. The smallest absolute Gasteiger partial charge is 0.306 e. The highest BCUT2D eigenvalue weighted by Crippen LogP contribution is 2.19. The van der Waals surface area contributed by atoms with Crippen LogP contribution in [0.4, 0.5) is 0 Å². The summed E-state index contributed by atoms with van der Waals surface area (Å²) in [7, 11) is 0. The molecular weight excluding hydrogens is 264 g/mol. The second-order valence-corrected chi connectivity index (χ2v) is 6.39. The molecule has 0 aliphatic rings. The summed E-state index contributed by atoms with van der Waals surface area (Å²) in [6.45, 7) is 4.71. The van der Waals surface area contributed by atoms with Crippen LogP contribution in [0.3, 0.4) is 0 Å². The highest BCUT2D eigenvalue weighted by Gasteiger charge is 2.03. The summed E-state index contributed by atoms with van der Waals surface area (Å²) < 4.78 is 5.13. The van der Waals surface area contributed by atoms with Gasteiger partial charge in [0.25, 0.3) is 0 Å². The van der Waals surface area contributed by atoms with E-state index in [1.54, 1.807) is 23.5 Å². The molecule has 0 saturated heterocycles. The molecule has 1 aromatic carbocycles. The van der Waals surface area contributed by atoms with Gasteiger partial charge in [-0.2, -0.15) is 11.8 Å². The molecule has 0 heterocycles. The van der Waals surface area contributed by atoms with E-state index in [0.29, 0.717) is 13.0 Å². The van der Waals surface area contributed by atoms with Crippen LogP contribution in [0, 0.1) is 6.92 Å². The van der Waals surface area contributed by atoms with Gasteiger partial charge in [-0.05, 0) is 24.8 Å². The van der Waals surface area contributed by atoms with Gasteiger partial charge in [-0.3, -0.25) is 4.79 Å². The number of hydrogen-bond acceptors (Lipinski definition) is 4. The first-order valence-corrected chi connectivity index (χ1v) is 8.29. The minimum Gasteiger partial charge on any atom is -0.465 e. The van der Waals surface area contributed by atoms with Crippen LogP contribution in [-0.4, -0.2) is 29.8 Å². The predicted molar refractivity (Wildman–Crippen MR) is 80.5 cm³/mol. The lowest BCUT2D eigenvalue weighted by Gasteiger charge is -2.04. The molecule has 0 aliphatic carbocycles. The average Bonchev–Trinajstić information content (AvgIpc) is 2.37. The zero-order valence-electron chi connectivity index (χ0n) is 11.0. The second-order valence-electron chi connectivity index (χ2n) is 3.83. The molecule has 0 fully saturated rings. The maximum absolute atomic E-state index is 11.4. The van der Waals surface area contributed by atoms with Crippen LogP contribution in [0.25, 0.3) is 0 Å². The average molecular weight is 284 g/mol. The van der Waals surface area contributed by atoms with Gasteiger partial charge in [0.2, 0.25) is 0 Å². The van der Waals surface area contributed by atoms with Gasteiger partial charge in [0, 0.05) is 16.4 Å². The molecule has 0 bridgehead atoms. The third kappa shape index (κ3) is 6.97. The van der Waals surface area contributed by atoms with Crippen LogP contribution in [0.2, 0.25) is 0 Å². The summed E-state index contributed by atoms with van der Waals surface area (Å²) in [6.07, 6.45) is 0.481. The Morgan fingerprint density at radius 2 is 1.94 bits per heavy atom. The number of carbonyl (C=O) groups excluding carboxylic acids is 1. The van der Waals surface area contributed by atoms with Crippen molar-refractivity contribution in [2.45, 2.75) is 25.2 Å². The molecule has 0 aromatic heterocycles. The highest BCUT2D eigenvalue weighted by atomic mass is 32.2. The van der Waals surface area contributed by atoms with E-state index in [1.807, 2.05) is 0 Å². The number of thioether (sulfide) groups is 2. The molecule has 1 aromatic rings. The first-order valence-electron chi connectivity index (χ1n) is 6.15. The van der Waals surface area contributed by atoms with Gasteiger partial charge in [0.1, 0.15) is 6.61 Å². The third-order valence-corrected chi connectivity index (χ3v) is 4.17. The summed E-state index contributed by atoms with van der Waals surface area (Å²) in [5.41, 5.74) is 1.26. The molecule has 18 heavy (non-hydrogen) atoms. The van der Waals surface area contributed by atoms with Crippen molar-refractivity contribution in [1.82, 2.24) is 0 Å². The topological polar surface area (TPSA) is 26.3 Å². The van der Waals surface area contributed by atoms with Crippen molar-refractivity contribution in [3.8, 4) is 0 Å². The van der Waals surface area contributed by atoms with Gasteiger partial charge in [-0.15, -0.1) is 11.8 Å². The maximum atomic E-state index is 11.4. The van der Waals surface area contributed by atoms with Gasteiger partial charge in [0.05, 0.1) is 6.42 Å². The molecule has 1 rings (SSSR count). The van der Waals surface area contributed by atoms with Gasteiger partial charge < -0.3 is 4.74 Å². The molecule has 0 spiro atoms. The van der Waals surface area contributed by atoms with Crippen LogP contribution in [0.15, 0.2) is 29.2 Å². The number of carbonyl (C=O) groups is 1. The molecule has 0 amide bonds. The molecule has 2 nitrogen and oxygen atoms in total. The van der Waals surface area contributed by atoms with E-state index in [4.69, 9.17) is 4.74 Å². The molecule has 0 atom stereocenters. The van der Waals surface area contributed by atoms with Crippen molar-refractivity contribution < 1.29 is 9.53 Å². The Bertz CT molecular complexity index is 349. The summed E-state index contributed by atoms with van der Waals surface area (Å²) in [5, 5.41) is 0. The minimum absolute atomic E-state index is 0.0914. The Hall–Kier alpha value is -0.610.